The molecule has 0 aromatic rings. The maximum atomic E-state index is 10.6. The van der Waals surface area contributed by atoms with E-state index in [1.807, 2.05) is 0 Å². The van der Waals surface area contributed by atoms with Crippen LogP contribution in [0.2, 0.25) is 0 Å². The molecule has 0 aliphatic carbocycles. The fraction of sp³-hybridized carbons (Fsp3) is 0.714. The summed E-state index contributed by atoms with van der Waals surface area (Å²) in [5.41, 5.74) is 5.31. The van der Waals surface area contributed by atoms with E-state index < -0.39 is 24.1 Å². The summed E-state index contributed by atoms with van der Waals surface area (Å²) in [7, 11) is 0. The van der Waals surface area contributed by atoms with Crippen LogP contribution in [0.4, 0.5) is 0 Å². The van der Waals surface area contributed by atoms with Crippen LogP contribution in [0.3, 0.4) is 0 Å². The third-order valence-electron chi connectivity index (χ3n) is 2.19. The molecule has 4 N–H and O–H groups in total. The maximum absolute atomic E-state index is 10.6. The first-order valence-corrected chi connectivity index (χ1v) is 4.01. The molecule has 74 valence electrons. The number of hydrogen-bond acceptors (Lipinski definition) is 4. The molecule has 0 radical (unpaired) electrons. The molecule has 0 saturated carbocycles. The van der Waals surface area contributed by atoms with Gasteiger partial charge >= 0.3 is 11.9 Å². The third-order valence-corrected chi connectivity index (χ3v) is 2.19. The zero-order valence-electron chi connectivity index (χ0n) is 7.01. The van der Waals surface area contributed by atoms with Crippen LogP contribution in [0.25, 0.3) is 0 Å². The van der Waals surface area contributed by atoms with Gasteiger partial charge in [0, 0.05) is 6.54 Å². The number of likely N-dealkylation sites (tertiary alicyclic amines) is 1. The number of nitrogens with two attached hydrogens (primary N) is 1. The number of aliphatic carboxylic acids is 2. The van der Waals surface area contributed by atoms with E-state index in [-0.39, 0.29) is 0 Å². The van der Waals surface area contributed by atoms with Crippen LogP contribution in [0.1, 0.15) is 12.8 Å². The summed E-state index contributed by atoms with van der Waals surface area (Å²) in [4.78, 5) is 22.4. The van der Waals surface area contributed by atoms with Crippen molar-refractivity contribution in [1.82, 2.24) is 4.90 Å². The largest absolute Gasteiger partial charge is 0.480 e. The van der Waals surface area contributed by atoms with E-state index in [9.17, 15) is 9.59 Å². The van der Waals surface area contributed by atoms with E-state index in [2.05, 4.69) is 0 Å². The van der Waals surface area contributed by atoms with Crippen LogP contribution in [0, 0.1) is 0 Å². The monoisotopic (exact) mass is 188 g/mol. The van der Waals surface area contributed by atoms with Gasteiger partial charge in [-0.25, -0.2) is 4.79 Å². The molecule has 1 fully saturated rings. The summed E-state index contributed by atoms with van der Waals surface area (Å²) in [5.74, 6) is -2.19. The lowest BCUT2D eigenvalue weighted by Crippen LogP contribution is -2.52. The Morgan fingerprint density at radius 3 is 2.54 bits per heavy atom. The number of carbonyl (C=O) groups is 2. The van der Waals surface area contributed by atoms with E-state index >= 15 is 0 Å². The number of nitrogens with zero attached hydrogens (tertiary/aromatic N) is 1. The Labute approximate surface area is 74.9 Å². The fourth-order valence-electron chi connectivity index (χ4n) is 1.53. The summed E-state index contributed by atoms with van der Waals surface area (Å²) in [5, 5.41) is 17.3. The lowest BCUT2D eigenvalue weighted by Gasteiger charge is -2.24. The Morgan fingerprint density at radius 2 is 2.08 bits per heavy atom. The van der Waals surface area contributed by atoms with E-state index in [0.717, 1.165) is 0 Å². The Balaban J connectivity index is 2.68. The minimum Gasteiger partial charge on any atom is -0.480 e. The van der Waals surface area contributed by atoms with Crippen molar-refractivity contribution in [3.8, 4) is 0 Å². The lowest BCUT2D eigenvalue weighted by molar-refractivity contribution is -0.148. The smallest absolute Gasteiger partial charge is 0.335 e. The van der Waals surface area contributed by atoms with Crippen LogP contribution in [-0.4, -0.2) is 45.8 Å². The fourth-order valence-corrected chi connectivity index (χ4v) is 1.53. The van der Waals surface area contributed by atoms with Crippen molar-refractivity contribution in [1.29, 1.82) is 0 Å². The number of rotatable bonds is 3. The molecule has 6 heteroatoms. The maximum Gasteiger partial charge on any atom is 0.335 e. The van der Waals surface area contributed by atoms with Gasteiger partial charge in [-0.15, -0.1) is 0 Å². The van der Waals surface area contributed by atoms with Crippen LogP contribution in [-0.2, 0) is 9.59 Å². The number of hydrogen-bond donors (Lipinski definition) is 3. The van der Waals surface area contributed by atoms with E-state index in [1.165, 1.54) is 4.90 Å². The highest BCUT2D eigenvalue weighted by atomic mass is 16.4. The molecule has 0 spiro atoms. The predicted molar refractivity (Wildman–Crippen MR) is 43.0 cm³/mol. The van der Waals surface area contributed by atoms with Gasteiger partial charge in [0.15, 0.2) is 6.17 Å². The molecule has 1 saturated heterocycles. The van der Waals surface area contributed by atoms with Crippen molar-refractivity contribution < 1.29 is 19.8 Å². The molecule has 0 bridgehead atoms. The van der Waals surface area contributed by atoms with Crippen molar-refractivity contribution in [2.45, 2.75) is 25.0 Å². The van der Waals surface area contributed by atoms with Gasteiger partial charge in [0.05, 0.1) is 0 Å². The molecule has 1 aliphatic heterocycles. The number of carboxylic acid groups (broad SMARTS) is 2. The van der Waals surface area contributed by atoms with Crippen molar-refractivity contribution in [3.63, 3.8) is 0 Å². The summed E-state index contributed by atoms with van der Waals surface area (Å²) in [6, 6.07) is -0.744. The highest BCUT2D eigenvalue weighted by molar-refractivity contribution is 5.77. The first-order chi connectivity index (χ1) is 6.04. The molecule has 1 rings (SSSR count). The second kappa shape index (κ2) is 3.71. The molecular weight excluding hydrogens is 176 g/mol. The molecule has 2 atom stereocenters. The SMILES string of the molecule is N[C@H](C(=O)O)N1CCC[C@@H]1C(=O)O. The van der Waals surface area contributed by atoms with E-state index in [4.69, 9.17) is 15.9 Å². The molecule has 0 aromatic carbocycles. The Bertz CT molecular complexity index is 231. The summed E-state index contributed by atoms with van der Waals surface area (Å²) in [6.45, 7) is 0.435. The predicted octanol–water partition coefficient (Wildman–Crippen LogP) is -1.10. The summed E-state index contributed by atoms with van der Waals surface area (Å²) in [6.07, 6.45) is -0.0579. The van der Waals surface area contributed by atoms with Crippen LogP contribution in [0.5, 0.6) is 0 Å². The van der Waals surface area contributed by atoms with Crippen LogP contribution >= 0.6 is 0 Å². The van der Waals surface area contributed by atoms with Gasteiger partial charge in [-0.1, -0.05) is 0 Å². The minimum absolute atomic E-state index is 0.435. The van der Waals surface area contributed by atoms with Gasteiger partial charge < -0.3 is 15.9 Å². The Kier molecular flexibility index (Phi) is 2.84. The lowest BCUT2D eigenvalue weighted by atomic mass is 10.2. The van der Waals surface area contributed by atoms with Crippen molar-refractivity contribution in [3.05, 3.63) is 0 Å². The zero-order valence-corrected chi connectivity index (χ0v) is 7.01. The van der Waals surface area contributed by atoms with Crippen molar-refractivity contribution in [2.24, 2.45) is 5.73 Å². The molecule has 1 heterocycles. The minimum atomic E-state index is -1.20. The van der Waals surface area contributed by atoms with Gasteiger partial charge in [0.2, 0.25) is 0 Å². The topological polar surface area (TPSA) is 104 Å². The van der Waals surface area contributed by atoms with Gasteiger partial charge in [-0.3, -0.25) is 9.69 Å². The van der Waals surface area contributed by atoms with Gasteiger partial charge in [-0.05, 0) is 12.8 Å². The summed E-state index contributed by atoms with van der Waals surface area (Å²) < 4.78 is 0. The van der Waals surface area contributed by atoms with Gasteiger partial charge in [0.1, 0.15) is 6.04 Å². The quantitative estimate of drug-likeness (QED) is 0.519. The Hall–Kier alpha value is -1.14. The van der Waals surface area contributed by atoms with Crippen molar-refractivity contribution in [2.75, 3.05) is 6.54 Å². The molecule has 0 aromatic heterocycles. The molecule has 0 unspecified atom stereocenters. The Morgan fingerprint density at radius 1 is 1.46 bits per heavy atom. The van der Waals surface area contributed by atoms with Gasteiger partial charge in [-0.2, -0.15) is 0 Å². The van der Waals surface area contributed by atoms with E-state index in [1.54, 1.807) is 0 Å². The average molecular weight is 188 g/mol. The molecule has 13 heavy (non-hydrogen) atoms. The first kappa shape index (κ1) is 9.94. The van der Waals surface area contributed by atoms with Crippen LogP contribution < -0.4 is 5.73 Å². The first-order valence-electron chi connectivity index (χ1n) is 4.01. The van der Waals surface area contributed by atoms with Crippen LogP contribution in [0.15, 0.2) is 0 Å². The zero-order chi connectivity index (χ0) is 10.0. The molecule has 6 nitrogen and oxygen atoms in total. The molecular formula is C7H12N2O4. The second-order valence-corrected chi connectivity index (χ2v) is 3.02. The molecule has 0 amide bonds. The average Bonchev–Trinajstić information content (AvgIpc) is 2.50. The highest BCUT2D eigenvalue weighted by Crippen LogP contribution is 2.18. The second-order valence-electron chi connectivity index (χ2n) is 3.02. The highest BCUT2D eigenvalue weighted by Gasteiger charge is 2.36. The van der Waals surface area contributed by atoms with E-state index in [0.29, 0.717) is 19.4 Å². The molecule has 1 aliphatic rings. The normalized spacial score (nSPS) is 25.8. The van der Waals surface area contributed by atoms with Gasteiger partial charge in [0.25, 0.3) is 0 Å². The van der Waals surface area contributed by atoms with Crippen molar-refractivity contribution >= 4 is 11.9 Å². The standard InChI is InChI=1S/C7H12N2O4/c8-5(7(12)13)9-3-1-2-4(9)6(10)11/h4-5H,1-3,8H2,(H,10,11)(H,12,13)/t4-,5+/m1/s1. The number of carboxylic acids is 2. The summed E-state index contributed by atoms with van der Waals surface area (Å²) >= 11 is 0. The third kappa shape index (κ3) is 1.96.